The SMILES string of the molecule is Cc1cccc(C2CCC(CC(=O)Nc3ccc(F)cc3)CC2)c1. The molecule has 1 N–H and O–H groups in total. The summed E-state index contributed by atoms with van der Waals surface area (Å²) >= 11 is 0. The molecule has 1 saturated carbocycles. The molecule has 0 heterocycles. The van der Waals surface area contributed by atoms with Crippen LogP contribution in [-0.2, 0) is 4.79 Å². The lowest BCUT2D eigenvalue weighted by molar-refractivity contribution is -0.117. The molecule has 3 rings (SSSR count). The second-order valence-electron chi connectivity index (χ2n) is 6.89. The number of amides is 1. The first-order valence-electron chi connectivity index (χ1n) is 8.72. The van der Waals surface area contributed by atoms with Crippen molar-refractivity contribution in [1.29, 1.82) is 0 Å². The molecule has 1 amide bonds. The summed E-state index contributed by atoms with van der Waals surface area (Å²) in [6.07, 6.45) is 5.04. The van der Waals surface area contributed by atoms with Crippen molar-refractivity contribution in [2.75, 3.05) is 5.32 Å². The molecule has 0 radical (unpaired) electrons. The molecule has 1 aliphatic rings. The van der Waals surface area contributed by atoms with Gasteiger partial charge in [-0.05, 0) is 74.3 Å². The van der Waals surface area contributed by atoms with Gasteiger partial charge in [-0.25, -0.2) is 4.39 Å². The molecule has 0 atom stereocenters. The van der Waals surface area contributed by atoms with E-state index in [0.717, 1.165) is 25.7 Å². The van der Waals surface area contributed by atoms with Gasteiger partial charge in [-0.3, -0.25) is 4.79 Å². The van der Waals surface area contributed by atoms with Crippen molar-refractivity contribution in [1.82, 2.24) is 0 Å². The van der Waals surface area contributed by atoms with Gasteiger partial charge in [0.25, 0.3) is 0 Å². The van der Waals surface area contributed by atoms with Gasteiger partial charge in [0.1, 0.15) is 5.82 Å². The Kier molecular flexibility index (Phi) is 5.29. The highest BCUT2D eigenvalue weighted by Crippen LogP contribution is 2.37. The molecule has 0 bridgehead atoms. The summed E-state index contributed by atoms with van der Waals surface area (Å²) in [4.78, 5) is 12.2. The van der Waals surface area contributed by atoms with Crippen molar-refractivity contribution < 1.29 is 9.18 Å². The third-order valence-corrected chi connectivity index (χ3v) is 4.96. The van der Waals surface area contributed by atoms with Gasteiger partial charge in [0.15, 0.2) is 0 Å². The van der Waals surface area contributed by atoms with E-state index in [1.807, 2.05) is 0 Å². The number of nitrogens with one attached hydrogen (secondary N) is 1. The van der Waals surface area contributed by atoms with E-state index in [1.54, 1.807) is 12.1 Å². The number of aryl methyl sites for hydroxylation is 1. The van der Waals surface area contributed by atoms with E-state index in [1.165, 1.54) is 23.3 Å². The smallest absolute Gasteiger partial charge is 0.224 e. The van der Waals surface area contributed by atoms with E-state index in [9.17, 15) is 9.18 Å². The Bertz CT molecular complexity index is 687. The largest absolute Gasteiger partial charge is 0.326 e. The lowest BCUT2D eigenvalue weighted by atomic mass is 9.77. The van der Waals surface area contributed by atoms with Crippen LogP contribution in [0.1, 0.15) is 49.1 Å². The normalized spacial score (nSPS) is 20.6. The molecular weight excluding hydrogens is 301 g/mol. The van der Waals surface area contributed by atoms with E-state index < -0.39 is 0 Å². The molecule has 3 heteroatoms. The van der Waals surface area contributed by atoms with Crippen LogP contribution in [0.5, 0.6) is 0 Å². The van der Waals surface area contributed by atoms with Crippen LogP contribution in [0.15, 0.2) is 48.5 Å². The van der Waals surface area contributed by atoms with Crippen molar-refractivity contribution in [2.24, 2.45) is 5.92 Å². The summed E-state index contributed by atoms with van der Waals surface area (Å²) < 4.78 is 12.9. The topological polar surface area (TPSA) is 29.1 Å². The Morgan fingerprint density at radius 3 is 2.46 bits per heavy atom. The van der Waals surface area contributed by atoms with E-state index in [2.05, 4.69) is 36.5 Å². The highest BCUT2D eigenvalue weighted by atomic mass is 19.1. The quantitative estimate of drug-likeness (QED) is 0.797. The Balaban J connectivity index is 1.48. The molecule has 1 fully saturated rings. The van der Waals surface area contributed by atoms with Crippen molar-refractivity contribution >= 4 is 11.6 Å². The molecule has 0 spiro atoms. The van der Waals surface area contributed by atoms with Crippen molar-refractivity contribution in [3.63, 3.8) is 0 Å². The molecule has 24 heavy (non-hydrogen) atoms. The zero-order chi connectivity index (χ0) is 16.9. The number of carbonyl (C=O) groups excluding carboxylic acids is 1. The van der Waals surface area contributed by atoms with Crippen LogP contribution in [0.2, 0.25) is 0 Å². The van der Waals surface area contributed by atoms with Gasteiger partial charge < -0.3 is 5.32 Å². The van der Waals surface area contributed by atoms with Crippen LogP contribution in [0.3, 0.4) is 0 Å². The minimum atomic E-state index is -0.289. The van der Waals surface area contributed by atoms with Crippen LogP contribution in [-0.4, -0.2) is 5.91 Å². The standard InChI is InChI=1S/C21H24FNO/c1-15-3-2-4-18(13-15)17-7-5-16(6-8-17)14-21(24)23-20-11-9-19(22)10-12-20/h2-4,9-13,16-17H,5-8,14H2,1H3,(H,23,24). The molecule has 2 nitrogen and oxygen atoms in total. The average Bonchev–Trinajstić information content (AvgIpc) is 2.58. The maximum Gasteiger partial charge on any atom is 0.224 e. The fourth-order valence-electron chi connectivity index (χ4n) is 3.63. The first-order chi connectivity index (χ1) is 11.6. The second-order valence-corrected chi connectivity index (χ2v) is 6.89. The predicted molar refractivity (Wildman–Crippen MR) is 95.5 cm³/mol. The van der Waals surface area contributed by atoms with Crippen LogP contribution < -0.4 is 5.32 Å². The molecule has 2 aromatic rings. The number of hydrogen-bond acceptors (Lipinski definition) is 1. The Hall–Kier alpha value is -2.16. The molecule has 0 aliphatic heterocycles. The molecule has 0 unspecified atom stereocenters. The molecule has 126 valence electrons. The first kappa shape index (κ1) is 16.7. The zero-order valence-electron chi connectivity index (χ0n) is 14.1. The average molecular weight is 325 g/mol. The number of benzene rings is 2. The summed E-state index contributed by atoms with van der Waals surface area (Å²) in [5.74, 6) is 0.816. The highest BCUT2D eigenvalue weighted by molar-refractivity contribution is 5.90. The maximum absolute atomic E-state index is 12.9. The van der Waals surface area contributed by atoms with Crippen molar-refractivity contribution in [3.05, 3.63) is 65.5 Å². The van der Waals surface area contributed by atoms with Gasteiger partial charge in [-0.1, -0.05) is 29.8 Å². The van der Waals surface area contributed by atoms with Crippen LogP contribution in [0.25, 0.3) is 0 Å². The van der Waals surface area contributed by atoms with Crippen LogP contribution in [0.4, 0.5) is 10.1 Å². The lowest BCUT2D eigenvalue weighted by Gasteiger charge is -2.28. The maximum atomic E-state index is 12.9. The number of halogens is 1. The summed E-state index contributed by atoms with van der Waals surface area (Å²) in [6.45, 7) is 2.13. The second kappa shape index (κ2) is 7.61. The van der Waals surface area contributed by atoms with Gasteiger partial charge >= 0.3 is 0 Å². The van der Waals surface area contributed by atoms with E-state index in [4.69, 9.17) is 0 Å². The van der Waals surface area contributed by atoms with Crippen LogP contribution >= 0.6 is 0 Å². The number of anilines is 1. The van der Waals surface area contributed by atoms with Gasteiger partial charge in [0.2, 0.25) is 5.91 Å². The van der Waals surface area contributed by atoms with Gasteiger partial charge in [-0.15, -0.1) is 0 Å². The van der Waals surface area contributed by atoms with Gasteiger partial charge in [0, 0.05) is 12.1 Å². The van der Waals surface area contributed by atoms with E-state index in [-0.39, 0.29) is 11.7 Å². The number of hydrogen-bond donors (Lipinski definition) is 1. The van der Waals surface area contributed by atoms with E-state index >= 15 is 0 Å². The van der Waals surface area contributed by atoms with Gasteiger partial charge in [0.05, 0.1) is 0 Å². The monoisotopic (exact) mass is 325 g/mol. The molecule has 0 aromatic heterocycles. The van der Waals surface area contributed by atoms with Gasteiger partial charge in [-0.2, -0.15) is 0 Å². The Morgan fingerprint density at radius 1 is 1.08 bits per heavy atom. The fourth-order valence-corrected chi connectivity index (χ4v) is 3.63. The summed E-state index contributed by atoms with van der Waals surface area (Å²) in [6, 6.07) is 14.7. The Morgan fingerprint density at radius 2 is 1.79 bits per heavy atom. The zero-order valence-corrected chi connectivity index (χ0v) is 14.1. The molecule has 1 aliphatic carbocycles. The summed E-state index contributed by atoms with van der Waals surface area (Å²) in [5.41, 5.74) is 3.41. The summed E-state index contributed by atoms with van der Waals surface area (Å²) in [7, 11) is 0. The third kappa shape index (κ3) is 4.44. The predicted octanol–water partition coefficient (Wildman–Crippen LogP) is 5.44. The van der Waals surface area contributed by atoms with Crippen molar-refractivity contribution in [2.45, 2.75) is 44.9 Å². The highest BCUT2D eigenvalue weighted by Gasteiger charge is 2.24. The third-order valence-electron chi connectivity index (χ3n) is 4.96. The minimum absolute atomic E-state index is 0.0283. The van der Waals surface area contributed by atoms with E-state index in [0.29, 0.717) is 23.9 Å². The molecule has 0 saturated heterocycles. The summed E-state index contributed by atoms with van der Waals surface area (Å²) in [5, 5.41) is 2.86. The van der Waals surface area contributed by atoms with Crippen molar-refractivity contribution in [3.8, 4) is 0 Å². The minimum Gasteiger partial charge on any atom is -0.326 e. The molecule has 2 aromatic carbocycles. The molecular formula is C21H24FNO. The Labute approximate surface area is 143 Å². The first-order valence-corrected chi connectivity index (χ1v) is 8.72. The number of rotatable bonds is 4. The van der Waals surface area contributed by atoms with Crippen LogP contribution in [0, 0.1) is 18.7 Å². The lowest BCUT2D eigenvalue weighted by Crippen LogP contribution is -2.20. The number of carbonyl (C=O) groups is 1. The fraction of sp³-hybridized carbons (Fsp3) is 0.381.